The summed E-state index contributed by atoms with van der Waals surface area (Å²) in [6, 6.07) is 17.6. The molecule has 10 heteroatoms. The van der Waals surface area contributed by atoms with Gasteiger partial charge in [0.15, 0.2) is 0 Å². The first-order valence-electron chi connectivity index (χ1n) is 14.2. The Bertz CT molecular complexity index is 1470. The number of nitrogens with zero attached hydrogens (tertiary/aromatic N) is 2. The number of ether oxygens (including phenoxy) is 1. The molecular weight excluding hydrogens is 557 g/mol. The van der Waals surface area contributed by atoms with E-state index in [1.807, 2.05) is 6.92 Å². The van der Waals surface area contributed by atoms with Gasteiger partial charge in [0.25, 0.3) is 10.0 Å². The number of rotatable bonds is 11. The zero-order valence-electron chi connectivity index (χ0n) is 24.3. The van der Waals surface area contributed by atoms with Crippen LogP contribution in [0.5, 0.6) is 5.75 Å². The lowest BCUT2D eigenvalue weighted by atomic mass is 9.95. The van der Waals surface area contributed by atoms with E-state index in [9.17, 15) is 22.4 Å². The number of benzene rings is 3. The van der Waals surface area contributed by atoms with Crippen molar-refractivity contribution in [3.63, 3.8) is 0 Å². The van der Waals surface area contributed by atoms with E-state index in [2.05, 4.69) is 5.32 Å². The van der Waals surface area contributed by atoms with Gasteiger partial charge in [0, 0.05) is 18.7 Å². The van der Waals surface area contributed by atoms with Crippen LogP contribution in [0.1, 0.15) is 50.2 Å². The van der Waals surface area contributed by atoms with E-state index in [0.717, 1.165) is 42.0 Å². The average Bonchev–Trinajstić information content (AvgIpc) is 2.99. The van der Waals surface area contributed by atoms with E-state index < -0.39 is 34.3 Å². The van der Waals surface area contributed by atoms with Gasteiger partial charge in [-0.1, -0.05) is 55.2 Å². The van der Waals surface area contributed by atoms with Gasteiger partial charge < -0.3 is 15.0 Å². The van der Waals surface area contributed by atoms with Crippen LogP contribution in [-0.2, 0) is 26.2 Å². The molecule has 2 amide bonds. The lowest BCUT2D eigenvalue weighted by Crippen LogP contribution is -2.53. The van der Waals surface area contributed by atoms with E-state index in [4.69, 9.17) is 4.74 Å². The molecule has 1 unspecified atom stereocenters. The summed E-state index contributed by atoms with van der Waals surface area (Å²) in [5, 5.41) is 3.07. The number of halogens is 1. The van der Waals surface area contributed by atoms with Crippen molar-refractivity contribution in [3.8, 4) is 5.75 Å². The number of hydrogen-bond donors (Lipinski definition) is 1. The van der Waals surface area contributed by atoms with Crippen molar-refractivity contribution >= 4 is 27.5 Å². The lowest BCUT2D eigenvalue weighted by molar-refractivity contribution is -0.139. The fraction of sp³-hybridized carbons (Fsp3) is 0.375. The highest BCUT2D eigenvalue weighted by atomic mass is 32.2. The molecule has 3 aromatic rings. The molecule has 1 saturated carbocycles. The zero-order valence-corrected chi connectivity index (χ0v) is 25.1. The molecule has 1 aliphatic rings. The van der Waals surface area contributed by atoms with Crippen LogP contribution in [0, 0.1) is 12.7 Å². The largest absolute Gasteiger partial charge is 0.497 e. The van der Waals surface area contributed by atoms with Crippen LogP contribution in [0.2, 0.25) is 0 Å². The Labute approximate surface area is 247 Å². The number of methoxy groups -OCH3 is 1. The van der Waals surface area contributed by atoms with Crippen LogP contribution in [0.3, 0.4) is 0 Å². The Kier molecular flexibility index (Phi) is 10.2. The van der Waals surface area contributed by atoms with E-state index in [1.165, 1.54) is 36.3 Å². The molecule has 3 aromatic carbocycles. The minimum atomic E-state index is -4.19. The van der Waals surface area contributed by atoms with Gasteiger partial charge in [-0.2, -0.15) is 0 Å². The smallest absolute Gasteiger partial charge is 0.264 e. The SMILES string of the molecule is COc1cccc(N(CC(=O)N(Cc2ccc(F)cc2)C(C)C(=O)NC2CCCCC2)S(=O)(=O)c2ccc(C)cc2)c1. The quantitative estimate of drug-likeness (QED) is 0.329. The first-order valence-corrected chi connectivity index (χ1v) is 15.6. The van der Waals surface area contributed by atoms with Gasteiger partial charge in [-0.05, 0) is 68.7 Å². The molecule has 42 heavy (non-hydrogen) atoms. The van der Waals surface area contributed by atoms with E-state index in [1.54, 1.807) is 55.5 Å². The standard InChI is InChI=1S/C32H38FN3O5S/c1-23-12-18-30(19-13-23)42(39,40)36(28-10-7-11-29(20-28)41-3)22-31(37)35(21-25-14-16-26(33)17-15-25)24(2)32(38)34-27-8-5-4-6-9-27/h7,10-20,24,27H,4-6,8-9,21-22H2,1-3H3,(H,34,38). The summed E-state index contributed by atoms with van der Waals surface area (Å²) >= 11 is 0. The molecule has 0 aliphatic heterocycles. The molecule has 1 aliphatic carbocycles. The number of aryl methyl sites for hydroxylation is 1. The minimum Gasteiger partial charge on any atom is -0.497 e. The second-order valence-electron chi connectivity index (χ2n) is 10.7. The van der Waals surface area contributed by atoms with Crippen LogP contribution in [0.25, 0.3) is 0 Å². The van der Waals surface area contributed by atoms with E-state index in [0.29, 0.717) is 11.3 Å². The number of carbonyl (C=O) groups excluding carboxylic acids is 2. The molecule has 1 atom stereocenters. The van der Waals surface area contributed by atoms with Gasteiger partial charge in [-0.3, -0.25) is 13.9 Å². The molecule has 0 heterocycles. The van der Waals surface area contributed by atoms with Crippen molar-refractivity contribution in [1.82, 2.24) is 10.2 Å². The van der Waals surface area contributed by atoms with Gasteiger partial charge >= 0.3 is 0 Å². The average molecular weight is 596 g/mol. The van der Waals surface area contributed by atoms with Crippen LogP contribution >= 0.6 is 0 Å². The Balaban J connectivity index is 1.68. The fourth-order valence-corrected chi connectivity index (χ4v) is 6.48. The van der Waals surface area contributed by atoms with Crippen LogP contribution in [-0.4, -0.2) is 50.9 Å². The highest BCUT2D eigenvalue weighted by Crippen LogP contribution is 2.28. The summed E-state index contributed by atoms with van der Waals surface area (Å²) in [4.78, 5) is 28.8. The molecule has 1 fully saturated rings. The van der Waals surface area contributed by atoms with Crippen LogP contribution in [0.4, 0.5) is 10.1 Å². The summed E-state index contributed by atoms with van der Waals surface area (Å²) in [7, 11) is -2.72. The van der Waals surface area contributed by atoms with Crippen molar-refractivity contribution in [2.45, 2.75) is 69.5 Å². The highest BCUT2D eigenvalue weighted by molar-refractivity contribution is 7.92. The van der Waals surface area contributed by atoms with Gasteiger partial charge in [0.05, 0.1) is 17.7 Å². The predicted molar refractivity (Wildman–Crippen MR) is 160 cm³/mol. The Morgan fingerprint density at radius 2 is 1.67 bits per heavy atom. The first kappa shape index (κ1) is 31.0. The van der Waals surface area contributed by atoms with Crippen molar-refractivity contribution in [3.05, 3.63) is 89.7 Å². The van der Waals surface area contributed by atoms with Gasteiger partial charge in [0.1, 0.15) is 24.2 Å². The van der Waals surface area contributed by atoms with Crippen molar-refractivity contribution < 1.29 is 27.1 Å². The first-order chi connectivity index (χ1) is 20.1. The number of sulfonamides is 1. The summed E-state index contributed by atoms with van der Waals surface area (Å²) in [6.07, 6.45) is 4.95. The third-order valence-electron chi connectivity index (χ3n) is 7.61. The van der Waals surface area contributed by atoms with Gasteiger partial charge in [0.2, 0.25) is 11.8 Å². The summed E-state index contributed by atoms with van der Waals surface area (Å²) in [5.74, 6) is -0.892. The summed E-state index contributed by atoms with van der Waals surface area (Å²) < 4.78 is 47.9. The molecule has 0 spiro atoms. The maximum Gasteiger partial charge on any atom is 0.264 e. The minimum absolute atomic E-state index is 0.00506. The molecule has 0 bridgehead atoms. The molecule has 4 rings (SSSR count). The third kappa shape index (κ3) is 7.67. The number of carbonyl (C=O) groups is 2. The molecule has 0 saturated heterocycles. The fourth-order valence-electron chi connectivity index (χ4n) is 5.07. The van der Waals surface area contributed by atoms with E-state index in [-0.39, 0.29) is 29.1 Å². The number of amides is 2. The zero-order chi connectivity index (χ0) is 30.3. The molecule has 0 radical (unpaired) electrons. The predicted octanol–water partition coefficient (Wildman–Crippen LogP) is 5.20. The Hall–Kier alpha value is -3.92. The summed E-state index contributed by atoms with van der Waals surface area (Å²) in [6.45, 7) is 2.91. The topological polar surface area (TPSA) is 96.0 Å². The van der Waals surface area contributed by atoms with Crippen molar-refractivity contribution in [1.29, 1.82) is 0 Å². The monoisotopic (exact) mass is 595 g/mol. The normalized spacial score (nSPS) is 14.6. The molecule has 0 aromatic heterocycles. The van der Waals surface area contributed by atoms with Gasteiger partial charge in [-0.25, -0.2) is 12.8 Å². The molecule has 224 valence electrons. The second kappa shape index (κ2) is 13.8. The maximum atomic E-state index is 14.1. The Morgan fingerprint density at radius 3 is 2.31 bits per heavy atom. The summed E-state index contributed by atoms with van der Waals surface area (Å²) in [5.41, 5.74) is 1.74. The number of nitrogens with one attached hydrogen (secondary N) is 1. The number of hydrogen-bond acceptors (Lipinski definition) is 5. The second-order valence-corrected chi connectivity index (χ2v) is 12.6. The maximum absolute atomic E-state index is 14.1. The lowest BCUT2D eigenvalue weighted by Gasteiger charge is -2.33. The van der Waals surface area contributed by atoms with Crippen LogP contribution < -0.4 is 14.4 Å². The molecular formula is C32H38FN3O5S. The molecule has 8 nitrogen and oxygen atoms in total. The third-order valence-corrected chi connectivity index (χ3v) is 9.40. The van der Waals surface area contributed by atoms with Crippen molar-refractivity contribution in [2.75, 3.05) is 18.0 Å². The molecule has 1 N–H and O–H groups in total. The van der Waals surface area contributed by atoms with Crippen molar-refractivity contribution in [2.24, 2.45) is 0 Å². The van der Waals surface area contributed by atoms with E-state index >= 15 is 0 Å². The highest BCUT2D eigenvalue weighted by Gasteiger charge is 2.33. The Morgan fingerprint density at radius 1 is 1.00 bits per heavy atom. The number of anilines is 1. The van der Waals surface area contributed by atoms with Gasteiger partial charge in [-0.15, -0.1) is 0 Å². The van der Waals surface area contributed by atoms with Crippen LogP contribution in [0.15, 0.2) is 77.7 Å².